The Morgan fingerprint density at radius 1 is 0.737 bits per heavy atom. The van der Waals surface area contributed by atoms with Gasteiger partial charge in [0.1, 0.15) is 0 Å². The molecule has 3 aromatic rings. The lowest BCUT2D eigenvalue weighted by Gasteiger charge is -2.31. The van der Waals surface area contributed by atoms with Crippen LogP contribution in [-0.4, -0.2) is 57.5 Å². The molecular formula is C28H33N3O5S2. The zero-order valence-electron chi connectivity index (χ0n) is 21.3. The van der Waals surface area contributed by atoms with Crippen molar-refractivity contribution in [3.63, 3.8) is 0 Å². The fourth-order valence-electron chi connectivity index (χ4n) is 5.22. The van der Waals surface area contributed by atoms with Gasteiger partial charge in [-0.25, -0.2) is 16.8 Å². The second-order valence-electron chi connectivity index (χ2n) is 10.0. The average molecular weight is 556 g/mol. The highest BCUT2D eigenvalue weighted by molar-refractivity contribution is 7.89. The maximum absolute atomic E-state index is 13.3. The Kier molecular flexibility index (Phi) is 7.85. The minimum Gasteiger partial charge on any atom is -0.352 e. The minimum atomic E-state index is -3.72. The number of benzene rings is 3. The molecule has 38 heavy (non-hydrogen) atoms. The predicted octanol–water partition coefficient (Wildman–Crippen LogP) is 3.73. The molecule has 2 saturated heterocycles. The fraction of sp³-hybridized carbons (Fsp3) is 0.393. The monoisotopic (exact) mass is 555 g/mol. The third-order valence-corrected chi connectivity index (χ3v) is 11.2. The summed E-state index contributed by atoms with van der Waals surface area (Å²) in [6.07, 6.45) is 4.03. The standard InChI is InChI=1S/C28H33N3O5S2/c32-28(29-20-22-10-13-26(14-11-22)37(33,34)30-16-4-1-5-17-30)25-9-6-18-31(21-25)38(35,36)27-15-12-23-7-2-3-8-24(23)19-27/h2-3,7-8,10-15,19,25H,1,4-6,9,16-18,20-21H2,(H,29,32). The van der Waals surface area contributed by atoms with Gasteiger partial charge in [-0.15, -0.1) is 0 Å². The largest absolute Gasteiger partial charge is 0.352 e. The van der Waals surface area contributed by atoms with Crippen molar-refractivity contribution in [3.8, 4) is 0 Å². The van der Waals surface area contributed by atoms with Crippen LogP contribution in [0.5, 0.6) is 0 Å². The summed E-state index contributed by atoms with van der Waals surface area (Å²) in [7, 11) is -7.22. The Morgan fingerprint density at radius 2 is 1.37 bits per heavy atom. The van der Waals surface area contributed by atoms with E-state index in [9.17, 15) is 21.6 Å². The van der Waals surface area contributed by atoms with Crippen LogP contribution < -0.4 is 5.32 Å². The number of hydrogen-bond donors (Lipinski definition) is 1. The third-order valence-electron chi connectivity index (χ3n) is 7.46. The van der Waals surface area contributed by atoms with Crippen LogP contribution in [0.1, 0.15) is 37.7 Å². The second-order valence-corrected chi connectivity index (χ2v) is 13.9. The van der Waals surface area contributed by atoms with Gasteiger partial charge in [-0.1, -0.05) is 48.9 Å². The van der Waals surface area contributed by atoms with E-state index in [0.29, 0.717) is 32.5 Å². The molecule has 10 heteroatoms. The molecule has 0 spiro atoms. The topological polar surface area (TPSA) is 104 Å². The SMILES string of the molecule is O=C(NCc1ccc(S(=O)(=O)N2CCCCC2)cc1)C1CCCN(S(=O)(=O)c2ccc3ccccc3c2)C1. The molecule has 202 valence electrons. The first-order valence-electron chi connectivity index (χ1n) is 13.1. The molecule has 2 aliphatic heterocycles. The maximum Gasteiger partial charge on any atom is 0.243 e. The highest BCUT2D eigenvalue weighted by Crippen LogP contribution is 2.27. The second kappa shape index (κ2) is 11.1. The van der Waals surface area contributed by atoms with Crippen molar-refractivity contribution in [2.75, 3.05) is 26.2 Å². The summed E-state index contributed by atoms with van der Waals surface area (Å²) in [5.74, 6) is -0.647. The van der Waals surface area contributed by atoms with Crippen molar-refractivity contribution in [2.24, 2.45) is 5.92 Å². The summed E-state index contributed by atoms with van der Waals surface area (Å²) in [5, 5.41) is 4.73. The van der Waals surface area contributed by atoms with E-state index in [2.05, 4.69) is 5.32 Å². The zero-order chi connectivity index (χ0) is 26.8. The summed E-state index contributed by atoms with van der Waals surface area (Å²) in [5.41, 5.74) is 0.785. The molecule has 8 nitrogen and oxygen atoms in total. The number of carbonyl (C=O) groups is 1. The van der Waals surface area contributed by atoms with Crippen molar-refractivity contribution >= 4 is 36.7 Å². The van der Waals surface area contributed by atoms with Crippen LogP contribution in [0.15, 0.2) is 76.5 Å². The molecule has 2 fully saturated rings. The number of fused-ring (bicyclic) bond motifs is 1. The van der Waals surface area contributed by atoms with Crippen LogP contribution in [0.2, 0.25) is 0 Å². The fourth-order valence-corrected chi connectivity index (χ4v) is 8.30. The Morgan fingerprint density at radius 3 is 2.11 bits per heavy atom. The summed E-state index contributed by atoms with van der Waals surface area (Å²) in [6, 6.07) is 19.3. The molecule has 3 aromatic carbocycles. The molecule has 2 aliphatic rings. The van der Waals surface area contributed by atoms with Gasteiger partial charge in [0, 0.05) is 32.7 Å². The molecule has 0 aromatic heterocycles. The molecule has 0 bridgehead atoms. The van der Waals surface area contributed by atoms with E-state index in [4.69, 9.17) is 0 Å². The summed E-state index contributed by atoms with van der Waals surface area (Å²) in [4.78, 5) is 13.4. The Labute approximate surface area is 224 Å². The molecule has 2 heterocycles. The summed E-state index contributed by atoms with van der Waals surface area (Å²) < 4.78 is 55.3. The molecule has 0 radical (unpaired) electrons. The molecule has 1 unspecified atom stereocenters. The van der Waals surface area contributed by atoms with E-state index >= 15 is 0 Å². The average Bonchev–Trinajstić information content (AvgIpc) is 2.96. The lowest BCUT2D eigenvalue weighted by atomic mass is 9.99. The minimum absolute atomic E-state index is 0.133. The van der Waals surface area contributed by atoms with Gasteiger partial charge in [0.15, 0.2) is 0 Å². The first-order chi connectivity index (χ1) is 18.2. The van der Waals surface area contributed by atoms with E-state index in [0.717, 1.165) is 35.6 Å². The Balaban J connectivity index is 1.20. The Bertz CT molecular complexity index is 1520. The van der Waals surface area contributed by atoms with Crippen molar-refractivity contribution < 1.29 is 21.6 Å². The number of sulfonamides is 2. The van der Waals surface area contributed by atoms with E-state index < -0.39 is 26.0 Å². The van der Waals surface area contributed by atoms with Gasteiger partial charge in [-0.3, -0.25) is 4.79 Å². The number of hydrogen-bond acceptors (Lipinski definition) is 5. The maximum atomic E-state index is 13.3. The number of nitrogens with zero attached hydrogens (tertiary/aromatic N) is 2. The van der Waals surface area contributed by atoms with Gasteiger partial charge in [0.2, 0.25) is 26.0 Å². The van der Waals surface area contributed by atoms with Gasteiger partial charge in [-0.05, 0) is 66.3 Å². The van der Waals surface area contributed by atoms with Crippen molar-refractivity contribution in [3.05, 3.63) is 72.3 Å². The molecule has 1 amide bonds. The highest BCUT2D eigenvalue weighted by atomic mass is 32.2. The van der Waals surface area contributed by atoms with Crippen LogP contribution in [0.3, 0.4) is 0 Å². The summed E-state index contributed by atoms with van der Waals surface area (Å²) >= 11 is 0. The van der Waals surface area contributed by atoms with Crippen LogP contribution in [0.25, 0.3) is 10.8 Å². The van der Waals surface area contributed by atoms with Gasteiger partial charge >= 0.3 is 0 Å². The normalized spacial score (nSPS) is 19.8. The van der Waals surface area contributed by atoms with Crippen LogP contribution in [-0.2, 0) is 31.4 Å². The first kappa shape index (κ1) is 26.8. The molecular weight excluding hydrogens is 522 g/mol. The zero-order valence-corrected chi connectivity index (χ0v) is 22.9. The smallest absolute Gasteiger partial charge is 0.243 e. The van der Waals surface area contributed by atoms with Gasteiger partial charge < -0.3 is 5.32 Å². The highest BCUT2D eigenvalue weighted by Gasteiger charge is 2.33. The van der Waals surface area contributed by atoms with Crippen LogP contribution in [0.4, 0.5) is 0 Å². The molecule has 0 aliphatic carbocycles. The molecule has 1 atom stereocenters. The van der Waals surface area contributed by atoms with Crippen molar-refractivity contribution in [1.29, 1.82) is 0 Å². The lowest BCUT2D eigenvalue weighted by molar-refractivity contribution is -0.126. The quantitative estimate of drug-likeness (QED) is 0.479. The number of rotatable bonds is 7. The molecule has 1 N–H and O–H groups in total. The van der Waals surface area contributed by atoms with E-state index in [1.54, 1.807) is 42.5 Å². The van der Waals surface area contributed by atoms with Gasteiger partial charge in [0.05, 0.1) is 15.7 Å². The van der Waals surface area contributed by atoms with Gasteiger partial charge in [0.25, 0.3) is 0 Å². The predicted molar refractivity (Wildman–Crippen MR) is 146 cm³/mol. The van der Waals surface area contributed by atoms with Crippen molar-refractivity contribution in [2.45, 2.75) is 48.4 Å². The number of carbonyl (C=O) groups excluding carboxylic acids is 1. The van der Waals surface area contributed by atoms with E-state index in [1.165, 1.54) is 8.61 Å². The lowest BCUT2D eigenvalue weighted by Crippen LogP contribution is -2.45. The van der Waals surface area contributed by atoms with Gasteiger partial charge in [-0.2, -0.15) is 8.61 Å². The van der Waals surface area contributed by atoms with E-state index in [-0.39, 0.29) is 28.8 Å². The molecule has 0 saturated carbocycles. The van der Waals surface area contributed by atoms with E-state index in [1.807, 2.05) is 24.3 Å². The summed E-state index contributed by atoms with van der Waals surface area (Å²) in [6.45, 7) is 1.86. The van der Waals surface area contributed by atoms with Crippen LogP contribution in [0, 0.1) is 5.92 Å². The molecule has 5 rings (SSSR count). The number of amides is 1. The third kappa shape index (κ3) is 5.63. The first-order valence-corrected chi connectivity index (χ1v) is 16.0. The number of piperidine rings is 2. The van der Waals surface area contributed by atoms with Crippen LogP contribution >= 0.6 is 0 Å². The number of nitrogens with one attached hydrogen (secondary N) is 1. The Hall–Kier alpha value is -2.79. The van der Waals surface area contributed by atoms with Crippen molar-refractivity contribution in [1.82, 2.24) is 13.9 Å².